The van der Waals surface area contributed by atoms with Gasteiger partial charge in [0.15, 0.2) is 23.0 Å². The van der Waals surface area contributed by atoms with E-state index in [1.807, 2.05) is 55.6 Å². The molecule has 6 rings (SSSR count). The van der Waals surface area contributed by atoms with Crippen LogP contribution in [0.25, 0.3) is 0 Å². The Labute approximate surface area is 209 Å². The highest BCUT2D eigenvalue weighted by Gasteiger charge is 2.46. The van der Waals surface area contributed by atoms with Crippen LogP contribution in [-0.2, 0) is 17.8 Å². The minimum Gasteiger partial charge on any atom is -0.493 e. The highest BCUT2D eigenvalue weighted by molar-refractivity contribution is 5.98. The average Bonchev–Trinajstić information content (AvgIpc) is 3.50. The molecule has 8 heteroatoms. The van der Waals surface area contributed by atoms with Crippen LogP contribution in [0, 0.1) is 0 Å². The predicted octanol–water partition coefficient (Wildman–Crippen LogP) is 4.45. The summed E-state index contributed by atoms with van der Waals surface area (Å²) < 4.78 is 35.0. The number of esters is 1. The zero-order valence-electron chi connectivity index (χ0n) is 20.4. The number of rotatable bonds is 6. The summed E-state index contributed by atoms with van der Waals surface area (Å²) in [5, 5.41) is 0. The van der Waals surface area contributed by atoms with E-state index in [1.165, 1.54) is 0 Å². The summed E-state index contributed by atoms with van der Waals surface area (Å²) in [6.45, 7) is 1.24. The molecule has 3 aliphatic heterocycles. The molecule has 2 atom stereocenters. The lowest BCUT2D eigenvalue weighted by molar-refractivity contribution is 0.00871. The smallest absolute Gasteiger partial charge is 0.343 e. The summed E-state index contributed by atoms with van der Waals surface area (Å²) >= 11 is 0. The molecule has 0 bridgehead atoms. The van der Waals surface area contributed by atoms with E-state index >= 15 is 0 Å². The average molecular weight is 490 g/mol. The standard InChI is InChI=1S/C28H27NO7/c1-29-12-11-17-13-20-26(35-15-34-20)27(32-3)21(17)23(29)24-18-9-10-19(31-2)25(22(18)28(30)36-24)33-14-16-7-5-4-6-8-16/h4-10,13,23-24H,11-12,14-15H2,1-3H3/t23-,24?/m1/s1. The number of likely N-dealkylation sites (N-methyl/N-ethyl adjacent to an activating group) is 1. The van der Waals surface area contributed by atoms with Crippen LogP contribution in [0.4, 0.5) is 0 Å². The van der Waals surface area contributed by atoms with E-state index in [1.54, 1.807) is 14.2 Å². The number of ether oxygens (including phenoxy) is 6. The third-order valence-corrected chi connectivity index (χ3v) is 7.08. The Morgan fingerprint density at radius 1 is 1.03 bits per heavy atom. The number of hydrogen-bond donors (Lipinski definition) is 0. The van der Waals surface area contributed by atoms with Crippen LogP contribution < -0.4 is 23.7 Å². The lowest BCUT2D eigenvalue weighted by Gasteiger charge is -2.38. The number of fused-ring (bicyclic) bond motifs is 3. The molecule has 0 amide bonds. The number of carbonyl (C=O) groups is 1. The van der Waals surface area contributed by atoms with Crippen LogP contribution in [0.15, 0.2) is 48.5 Å². The quantitative estimate of drug-likeness (QED) is 0.470. The molecule has 0 N–H and O–H groups in total. The van der Waals surface area contributed by atoms with Crippen LogP contribution >= 0.6 is 0 Å². The Morgan fingerprint density at radius 2 is 1.86 bits per heavy atom. The summed E-state index contributed by atoms with van der Waals surface area (Å²) in [6, 6.07) is 15.2. The van der Waals surface area contributed by atoms with Crippen molar-refractivity contribution in [1.82, 2.24) is 4.90 Å². The highest BCUT2D eigenvalue weighted by Crippen LogP contribution is 2.55. The van der Waals surface area contributed by atoms with E-state index in [9.17, 15) is 4.79 Å². The maximum atomic E-state index is 13.3. The van der Waals surface area contributed by atoms with Gasteiger partial charge in [0.2, 0.25) is 12.5 Å². The third-order valence-electron chi connectivity index (χ3n) is 7.08. The molecule has 0 fully saturated rings. The molecule has 8 nitrogen and oxygen atoms in total. The summed E-state index contributed by atoms with van der Waals surface area (Å²) in [5.41, 5.74) is 4.19. The van der Waals surface area contributed by atoms with Gasteiger partial charge >= 0.3 is 5.97 Å². The van der Waals surface area contributed by atoms with Gasteiger partial charge in [-0.05, 0) is 36.7 Å². The predicted molar refractivity (Wildman–Crippen MR) is 130 cm³/mol. The largest absolute Gasteiger partial charge is 0.493 e. The molecule has 0 aromatic heterocycles. The second-order valence-corrected chi connectivity index (χ2v) is 9.05. The SMILES string of the molecule is COc1ccc2c(c1OCc1ccccc1)C(=O)OC2[C@H]1c2c(cc3c(c2OC)OCO3)CCN1C. The Kier molecular flexibility index (Phi) is 5.60. The summed E-state index contributed by atoms with van der Waals surface area (Å²) in [7, 11) is 5.21. The van der Waals surface area contributed by atoms with E-state index < -0.39 is 12.1 Å². The van der Waals surface area contributed by atoms with Crippen molar-refractivity contribution in [2.24, 2.45) is 0 Å². The molecule has 0 spiro atoms. The van der Waals surface area contributed by atoms with Crippen molar-refractivity contribution in [3.05, 3.63) is 76.3 Å². The summed E-state index contributed by atoms with van der Waals surface area (Å²) in [5.74, 6) is 2.33. The first-order valence-corrected chi connectivity index (χ1v) is 11.9. The van der Waals surface area contributed by atoms with E-state index in [2.05, 4.69) is 4.90 Å². The van der Waals surface area contributed by atoms with Crippen molar-refractivity contribution < 1.29 is 33.2 Å². The van der Waals surface area contributed by atoms with Gasteiger partial charge in [-0.1, -0.05) is 36.4 Å². The summed E-state index contributed by atoms with van der Waals surface area (Å²) in [6.07, 6.45) is 0.257. The second kappa shape index (κ2) is 8.95. The molecule has 186 valence electrons. The molecular weight excluding hydrogens is 462 g/mol. The number of cyclic esters (lactones) is 1. The lowest BCUT2D eigenvalue weighted by atomic mass is 9.85. The number of benzene rings is 3. The van der Waals surface area contributed by atoms with Gasteiger partial charge in [-0.3, -0.25) is 4.90 Å². The fraction of sp³-hybridized carbons (Fsp3) is 0.321. The topological polar surface area (TPSA) is 75.7 Å². The van der Waals surface area contributed by atoms with Gasteiger partial charge in [-0.2, -0.15) is 0 Å². The molecular formula is C28H27NO7. The number of carbonyl (C=O) groups excluding carboxylic acids is 1. The van der Waals surface area contributed by atoms with Crippen LogP contribution in [0.1, 0.15) is 44.8 Å². The van der Waals surface area contributed by atoms with Crippen molar-refractivity contribution in [2.75, 3.05) is 34.6 Å². The lowest BCUT2D eigenvalue weighted by Crippen LogP contribution is -2.36. The first-order valence-electron chi connectivity index (χ1n) is 11.9. The molecule has 0 saturated carbocycles. The fourth-order valence-electron chi connectivity index (χ4n) is 5.38. The third kappa shape index (κ3) is 3.52. The molecule has 3 aromatic rings. The molecule has 1 unspecified atom stereocenters. The minimum atomic E-state index is -0.559. The van der Waals surface area contributed by atoms with Crippen LogP contribution in [0.2, 0.25) is 0 Å². The van der Waals surface area contributed by atoms with Gasteiger partial charge in [-0.25, -0.2) is 4.79 Å². The molecule has 3 aromatic carbocycles. The molecule has 0 aliphatic carbocycles. The zero-order chi connectivity index (χ0) is 24.8. The van der Waals surface area contributed by atoms with E-state index in [-0.39, 0.29) is 12.8 Å². The van der Waals surface area contributed by atoms with Crippen LogP contribution in [0.5, 0.6) is 28.7 Å². The van der Waals surface area contributed by atoms with Gasteiger partial charge in [0.05, 0.1) is 20.3 Å². The molecule has 3 heterocycles. The first-order chi connectivity index (χ1) is 17.6. The molecule has 3 aliphatic rings. The summed E-state index contributed by atoms with van der Waals surface area (Å²) in [4.78, 5) is 15.5. The minimum absolute atomic E-state index is 0.151. The van der Waals surface area contributed by atoms with Gasteiger partial charge < -0.3 is 28.4 Å². The van der Waals surface area contributed by atoms with Crippen molar-refractivity contribution in [3.63, 3.8) is 0 Å². The molecule has 36 heavy (non-hydrogen) atoms. The van der Waals surface area contributed by atoms with Gasteiger partial charge in [0.1, 0.15) is 18.3 Å². The molecule has 0 radical (unpaired) electrons. The Balaban J connectivity index is 1.44. The van der Waals surface area contributed by atoms with Gasteiger partial charge in [0.25, 0.3) is 0 Å². The first kappa shape index (κ1) is 22.5. The number of hydrogen-bond acceptors (Lipinski definition) is 8. The van der Waals surface area contributed by atoms with Crippen LogP contribution in [0.3, 0.4) is 0 Å². The Morgan fingerprint density at radius 3 is 2.64 bits per heavy atom. The zero-order valence-corrected chi connectivity index (χ0v) is 20.4. The van der Waals surface area contributed by atoms with E-state index in [4.69, 9.17) is 28.4 Å². The van der Waals surface area contributed by atoms with Crippen LogP contribution in [-0.4, -0.2) is 45.5 Å². The van der Waals surface area contributed by atoms with Crippen molar-refractivity contribution >= 4 is 5.97 Å². The van der Waals surface area contributed by atoms with E-state index in [0.717, 1.165) is 35.2 Å². The second-order valence-electron chi connectivity index (χ2n) is 9.05. The highest BCUT2D eigenvalue weighted by atomic mass is 16.7. The Bertz CT molecular complexity index is 1320. The Hall–Kier alpha value is -3.91. The van der Waals surface area contributed by atoms with Crippen molar-refractivity contribution in [1.29, 1.82) is 0 Å². The van der Waals surface area contributed by atoms with Gasteiger partial charge in [0, 0.05) is 17.7 Å². The fourth-order valence-corrected chi connectivity index (χ4v) is 5.38. The van der Waals surface area contributed by atoms with Crippen molar-refractivity contribution in [3.8, 4) is 28.7 Å². The van der Waals surface area contributed by atoms with E-state index in [0.29, 0.717) is 40.9 Å². The van der Waals surface area contributed by atoms with Gasteiger partial charge in [-0.15, -0.1) is 0 Å². The molecule has 0 saturated heterocycles. The maximum absolute atomic E-state index is 13.3. The number of nitrogens with zero attached hydrogens (tertiary/aromatic N) is 1. The maximum Gasteiger partial charge on any atom is 0.343 e. The number of methoxy groups -OCH3 is 2. The monoisotopic (exact) mass is 489 g/mol. The normalized spacial score (nSPS) is 19.9. The van der Waals surface area contributed by atoms with Crippen molar-refractivity contribution in [2.45, 2.75) is 25.2 Å².